The van der Waals surface area contributed by atoms with Crippen molar-refractivity contribution in [3.63, 3.8) is 0 Å². The van der Waals surface area contributed by atoms with E-state index in [1.165, 1.54) is 11.3 Å². The Morgan fingerprint density at radius 2 is 1.48 bits per heavy atom. The maximum atomic E-state index is 13.2. The van der Waals surface area contributed by atoms with Crippen LogP contribution in [0, 0.1) is 35.5 Å². The van der Waals surface area contributed by atoms with Gasteiger partial charge in [0.05, 0.1) is 17.5 Å². The van der Waals surface area contributed by atoms with Gasteiger partial charge in [0.15, 0.2) is 0 Å². The second-order valence-corrected chi connectivity index (χ2v) is 8.86. The SMILES string of the molecule is O=C1[C@@H]2[C@H]3C=C[C@@H]([C@@H]4C[C@H]34)[C@@H]2C(=O)N1c1ccc(-c2cc3ccccc3o2)cc1. The molecule has 29 heavy (non-hydrogen) atoms. The third-order valence-corrected chi connectivity index (χ3v) is 7.50. The lowest BCUT2D eigenvalue weighted by Gasteiger charge is -2.37. The second kappa shape index (κ2) is 5.26. The number of fused-ring (bicyclic) bond motifs is 1. The van der Waals surface area contributed by atoms with Crippen LogP contribution in [0.15, 0.2) is 71.2 Å². The van der Waals surface area contributed by atoms with Gasteiger partial charge in [-0.3, -0.25) is 14.5 Å². The fraction of sp³-hybridized carbons (Fsp3) is 0.280. The first-order chi connectivity index (χ1) is 14.2. The van der Waals surface area contributed by atoms with Crippen molar-refractivity contribution < 1.29 is 14.0 Å². The average molecular weight is 381 g/mol. The molecule has 0 N–H and O–H groups in total. The third kappa shape index (κ3) is 1.99. The van der Waals surface area contributed by atoms with Crippen LogP contribution >= 0.6 is 0 Å². The summed E-state index contributed by atoms with van der Waals surface area (Å²) < 4.78 is 5.94. The molecule has 3 aromatic rings. The van der Waals surface area contributed by atoms with Crippen LogP contribution in [-0.4, -0.2) is 11.8 Å². The molecule has 0 unspecified atom stereocenters. The van der Waals surface area contributed by atoms with E-state index in [9.17, 15) is 9.59 Å². The second-order valence-electron chi connectivity index (χ2n) is 8.86. The Kier molecular flexibility index (Phi) is 2.86. The zero-order valence-corrected chi connectivity index (χ0v) is 15.7. The summed E-state index contributed by atoms with van der Waals surface area (Å²) in [4.78, 5) is 27.9. The van der Waals surface area contributed by atoms with Crippen LogP contribution in [0.5, 0.6) is 0 Å². The molecule has 2 bridgehead atoms. The third-order valence-electron chi connectivity index (χ3n) is 7.50. The van der Waals surface area contributed by atoms with Crippen molar-refractivity contribution in [2.24, 2.45) is 35.5 Å². The van der Waals surface area contributed by atoms with Crippen LogP contribution in [0.4, 0.5) is 5.69 Å². The molecule has 2 aromatic carbocycles. The van der Waals surface area contributed by atoms with Gasteiger partial charge in [0.1, 0.15) is 11.3 Å². The van der Waals surface area contributed by atoms with Gasteiger partial charge in [0.2, 0.25) is 11.8 Å². The highest BCUT2D eigenvalue weighted by Crippen LogP contribution is 2.65. The van der Waals surface area contributed by atoms with E-state index in [1.54, 1.807) is 0 Å². The summed E-state index contributed by atoms with van der Waals surface area (Å²) in [7, 11) is 0. The number of carbonyl (C=O) groups is 2. The fourth-order valence-corrected chi connectivity index (χ4v) is 6.11. The minimum atomic E-state index is -0.156. The van der Waals surface area contributed by atoms with Gasteiger partial charge in [-0.25, -0.2) is 0 Å². The number of anilines is 1. The molecule has 5 aliphatic rings. The number of allylic oxidation sites excluding steroid dienone is 2. The number of furan rings is 1. The highest BCUT2D eigenvalue weighted by molar-refractivity contribution is 6.22. The Balaban J connectivity index is 1.23. The first-order valence-corrected chi connectivity index (χ1v) is 10.4. The van der Waals surface area contributed by atoms with Gasteiger partial charge in [0, 0.05) is 10.9 Å². The molecule has 1 aromatic heterocycles. The van der Waals surface area contributed by atoms with E-state index < -0.39 is 0 Å². The van der Waals surface area contributed by atoms with Crippen LogP contribution in [0.2, 0.25) is 0 Å². The largest absolute Gasteiger partial charge is 0.456 e. The maximum absolute atomic E-state index is 13.2. The molecule has 4 nitrogen and oxygen atoms in total. The number of imide groups is 1. The quantitative estimate of drug-likeness (QED) is 0.479. The summed E-state index contributed by atoms with van der Waals surface area (Å²) in [6.45, 7) is 0. The molecule has 0 spiro atoms. The summed E-state index contributed by atoms with van der Waals surface area (Å²) in [5.41, 5.74) is 2.45. The number of hydrogen-bond donors (Lipinski definition) is 0. The van der Waals surface area contributed by atoms with Gasteiger partial charge in [-0.05, 0) is 66.5 Å². The zero-order chi connectivity index (χ0) is 19.3. The molecular formula is C25H19NO3. The number of benzene rings is 2. The molecule has 4 heteroatoms. The minimum Gasteiger partial charge on any atom is -0.456 e. The molecule has 8 rings (SSSR count). The lowest BCUT2D eigenvalue weighted by molar-refractivity contribution is -0.124. The van der Waals surface area contributed by atoms with E-state index in [-0.39, 0.29) is 35.5 Å². The molecule has 6 atom stereocenters. The number of rotatable bonds is 2. The van der Waals surface area contributed by atoms with E-state index in [4.69, 9.17) is 4.42 Å². The fourth-order valence-electron chi connectivity index (χ4n) is 6.11. The summed E-state index contributed by atoms with van der Waals surface area (Å²) in [5.74, 6) is 2.21. The highest BCUT2D eigenvalue weighted by Gasteiger charge is 2.67. The van der Waals surface area contributed by atoms with E-state index in [0.717, 1.165) is 22.3 Å². The standard InChI is InChI=1S/C25H19NO3/c27-24-22-16-9-10-17(19-12-18(16)19)23(22)25(28)26(24)15-7-5-13(6-8-15)21-11-14-3-1-2-4-20(14)29-21/h1-11,16-19,22-23H,12H2/t16-,17-,18-,19+,22-,23+/m0/s1. The lowest BCUT2D eigenvalue weighted by atomic mass is 9.63. The van der Waals surface area contributed by atoms with Crippen molar-refractivity contribution in [2.45, 2.75) is 6.42 Å². The number of nitrogens with zero attached hydrogens (tertiary/aromatic N) is 1. The van der Waals surface area contributed by atoms with Gasteiger partial charge in [-0.1, -0.05) is 30.4 Å². The average Bonchev–Trinajstić information content (AvgIpc) is 3.40. The molecular weight excluding hydrogens is 362 g/mol. The number of para-hydroxylation sites is 1. The van der Waals surface area contributed by atoms with Gasteiger partial charge < -0.3 is 4.42 Å². The monoisotopic (exact) mass is 381 g/mol. The van der Waals surface area contributed by atoms with Crippen molar-refractivity contribution in [1.82, 2.24) is 0 Å². The van der Waals surface area contributed by atoms with Crippen LogP contribution in [-0.2, 0) is 9.59 Å². The smallest absolute Gasteiger partial charge is 0.238 e. The van der Waals surface area contributed by atoms with E-state index in [0.29, 0.717) is 17.5 Å². The van der Waals surface area contributed by atoms with E-state index in [2.05, 4.69) is 12.2 Å². The molecule has 0 radical (unpaired) electrons. The zero-order valence-electron chi connectivity index (χ0n) is 15.7. The maximum Gasteiger partial charge on any atom is 0.238 e. The summed E-state index contributed by atoms with van der Waals surface area (Å²) >= 11 is 0. The van der Waals surface area contributed by atoms with Crippen molar-refractivity contribution >= 4 is 28.5 Å². The predicted octanol–water partition coefficient (Wildman–Crippen LogP) is 4.66. The highest BCUT2D eigenvalue weighted by atomic mass is 16.3. The minimum absolute atomic E-state index is 0.0128. The summed E-state index contributed by atoms with van der Waals surface area (Å²) in [5, 5.41) is 1.06. The number of amides is 2. The van der Waals surface area contributed by atoms with Crippen molar-refractivity contribution in [2.75, 3.05) is 4.90 Å². The molecule has 4 aliphatic carbocycles. The van der Waals surface area contributed by atoms with E-state index in [1.807, 2.05) is 54.6 Å². The van der Waals surface area contributed by atoms with Crippen LogP contribution < -0.4 is 4.90 Å². The first-order valence-electron chi connectivity index (χ1n) is 10.4. The normalized spacial score (nSPS) is 34.0. The Hall–Kier alpha value is -3.14. The van der Waals surface area contributed by atoms with Gasteiger partial charge in [0.25, 0.3) is 0 Å². The van der Waals surface area contributed by atoms with Crippen molar-refractivity contribution in [1.29, 1.82) is 0 Å². The molecule has 1 aliphatic heterocycles. The predicted molar refractivity (Wildman–Crippen MR) is 109 cm³/mol. The topological polar surface area (TPSA) is 50.5 Å². The molecule has 2 heterocycles. The molecule has 1 saturated heterocycles. The summed E-state index contributed by atoms with van der Waals surface area (Å²) in [6, 6.07) is 17.5. The summed E-state index contributed by atoms with van der Waals surface area (Å²) in [6.07, 6.45) is 5.60. The van der Waals surface area contributed by atoms with Crippen LogP contribution in [0.25, 0.3) is 22.3 Å². The Labute approximate surface area is 167 Å². The molecule has 2 saturated carbocycles. The van der Waals surface area contributed by atoms with Crippen molar-refractivity contribution in [3.05, 3.63) is 66.7 Å². The number of carbonyl (C=O) groups excluding carboxylic acids is 2. The Bertz CT molecular complexity index is 1150. The first kappa shape index (κ1) is 15.7. The van der Waals surface area contributed by atoms with Gasteiger partial charge in [-0.2, -0.15) is 0 Å². The lowest BCUT2D eigenvalue weighted by Crippen LogP contribution is -2.40. The van der Waals surface area contributed by atoms with Gasteiger partial charge >= 0.3 is 0 Å². The molecule has 2 amide bonds. The van der Waals surface area contributed by atoms with Crippen molar-refractivity contribution in [3.8, 4) is 11.3 Å². The Morgan fingerprint density at radius 1 is 0.828 bits per heavy atom. The van der Waals surface area contributed by atoms with Crippen LogP contribution in [0.1, 0.15) is 6.42 Å². The van der Waals surface area contributed by atoms with E-state index >= 15 is 0 Å². The molecule has 142 valence electrons. The van der Waals surface area contributed by atoms with Crippen LogP contribution in [0.3, 0.4) is 0 Å². The molecule has 3 fully saturated rings. The Morgan fingerprint density at radius 3 is 2.14 bits per heavy atom. The van der Waals surface area contributed by atoms with Gasteiger partial charge in [-0.15, -0.1) is 0 Å². The number of hydrogen-bond acceptors (Lipinski definition) is 3.